The molecule has 0 bridgehead atoms. The van der Waals surface area contributed by atoms with Crippen LogP contribution in [0.5, 0.6) is 5.88 Å². The van der Waals surface area contributed by atoms with Crippen molar-refractivity contribution in [1.29, 1.82) is 0 Å². The Morgan fingerprint density at radius 2 is 1.91 bits per heavy atom. The van der Waals surface area contributed by atoms with Gasteiger partial charge in [-0.1, -0.05) is 44.2 Å². The maximum Gasteiger partial charge on any atom is 0.329 e. The van der Waals surface area contributed by atoms with Crippen molar-refractivity contribution in [1.82, 2.24) is 15.0 Å². The van der Waals surface area contributed by atoms with Gasteiger partial charge in [0.15, 0.2) is 0 Å². The Bertz CT molecular complexity index is 719. The number of hydroxylamine groups is 1. The minimum Gasteiger partial charge on any atom is -0.493 e. The Morgan fingerprint density at radius 3 is 2.48 bits per heavy atom. The van der Waals surface area contributed by atoms with Crippen molar-refractivity contribution in [2.75, 3.05) is 0 Å². The highest BCUT2D eigenvalue weighted by molar-refractivity contribution is 5.79. The molecule has 0 aliphatic rings. The molecule has 1 aromatic carbocycles. The van der Waals surface area contributed by atoms with Gasteiger partial charge < -0.3 is 10.1 Å². The van der Waals surface area contributed by atoms with Crippen molar-refractivity contribution in [3.05, 3.63) is 52.1 Å². The molecule has 1 atom stereocenters. The van der Waals surface area contributed by atoms with Crippen molar-refractivity contribution in [2.45, 2.75) is 32.7 Å². The summed E-state index contributed by atoms with van der Waals surface area (Å²) in [6.45, 7) is 3.45. The predicted molar refractivity (Wildman–Crippen MR) is 84.4 cm³/mol. The monoisotopic (exact) mass is 319 g/mol. The van der Waals surface area contributed by atoms with Gasteiger partial charge in [-0.3, -0.25) is 14.6 Å². The fourth-order valence-electron chi connectivity index (χ4n) is 2.62. The van der Waals surface area contributed by atoms with E-state index in [9.17, 15) is 14.7 Å². The SMILES string of the molecule is CC(C)C(C(=O)NO)n1c(O)c(CCc2ccccc2)[nH]c1=O. The van der Waals surface area contributed by atoms with Gasteiger partial charge in [0.2, 0.25) is 5.88 Å². The number of rotatable bonds is 6. The lowest BCUT2D eigenvalue weighted by Gasteiger charge is -2.19. The zero-order valence-corrected chi connectivity index (χ0v) is 13.1. The number of aryl methyl sites for hydroxylation is 2. The summed E-state index contributed by atoms with van der Waals surface area (Å²) >= 11 is 0. The molecule has 0 saturated heterocycles. The third kappa shape index (κ3) is 3.62. The number of aromatic amines is 1. The summed E-state index contributed by atoms with van der Waals surface area (Å²) in [6.07, 6.45) is 1.08. The Balaban J connectivity index is 2.28. The molecule has 1 unspecified atom stereocenters. The van der Waals surface area contributed by atoms with Crippen LogP contribution in [0.25, 0.3) is 0 Å². The van der Waals surface area contributed by atoms with Crippen LogP contribution in [0.15, 0.2) is 35.1 Å². The quantitative estimate of drug-likeness (QED) is 0.476. The molecule has 7 heteroatoms. The molecular formula is C16H21N3O4. The molecule has 1 amide bonds. The highest BCUT2D eigenvalue weighted by Gasteiger charge is 2.29. The minimum absolute atomic E-state index is 0.270. The number of amides is 1. The maximum absolute atomic E-state index is 12.1. The molecule has 23 heavy (non-hydrogen) atoms. The molecule has 0 radical (unpaired) electrons. The zero-order valence-electron chi connectivity index (χ0n) is 13.1. The van der Waals surface area contributed by atoms with E-state index in [-0.39, 0.29) is 11.8 Å². The van der Waals surface area contributed by atoms with Crippen LogP contribution < -0.4 is 11.2 Å². The number of carbonyl (C=O) groups is 1. The Morgan fingerprint density at radius 1 is 1.26 bits per heavy atom. The zero-order chi connectivity index (χ0) is 17.0. The third-order valence-corrected chi connectivity index (χ3v) is 3.77. The summed E-state index contributed by atoms with van der Waals surface area (Å²) in [5.41, 5.74) is 2.42. The first-order valence-electron chi connectivity index (χ1n) is 7.46. The largest absolute Gasteiger partial charge is 0.493 e. The van der Waals surface area contributed by atoms with E-state index >= 15 is 0 Å². The molecule has 2 aromatic rings. The smallest absolute Gasteiger partial charge is 0.329 e. The van der Waals surface area contributed by atoms with Crippen LogP contribution in [0.1, 0.15) is 31.1 Å². The molecule has 0 fully saturated rings. The first-order valence-corrected chi connectivity index (χ1v) is 7.46. The van der Waals surface area contributed by atoms with Crippen molar-refractivity contribution >= 4 is 5.91 Å². The van der Waals surface area contributed by atoms with E-state index in [1.807, 2.05) is 30.3 Å². The van der Waals surface area contributed by atoms with E-state index in [0.29, 0.717) is 18.5 Å². The lowest BCUT2D eigenvalue weighted by Crippen LogP contribution is -2.37. The number of hydrogen-bond donors (Lipinski definition) is 4. The average molecular weight is 319 g/mol. The van der Waals surface area contributed by atoms with Crippen molar-refractivity contribution in [3.63, 3.8) is 0 Å². The average Bonchev–Trinajstić information content (AvgIpc) is 2.81. The van der Waals surface area contributed by atoms with Gasteiger partial charge in [-0.05, 0) is 24.3 Å². The highest BCUT2D eigenvalue weighted by atomic mass is 16.5. The number of carbonyl (C=O) groups excluding carboxylic acids is 1. The molecule has 124 valence electrons. The summed E-state index contributed by atoms with van der Waals surface area (Å²) in [5, 5.41) is 19.2. The van der Waals surface area contributed by atoms with Crippen LogP contribution in [-0.4, -0.2) is 25.8 Å². The molecule has 4 N–H and O–H groups in total. The summed E-state index contributed by atoms with van der Waals surface area (Å²) in [4.78, 5) is 26.5. The maximum atomic E-state index is 12.1. The van der Waals surface area contributed by atoms with Crippen molar-refractivity contribution in [2.24, 2.45) is 5.92 Å². The van der Waals surface area contributed by atoms with Crippen LogP contribution in [0.3, 0.4) is 0 Å². The van der Waals surface area contributed by atoms with Gasteiger partial charge >= 0.3 is 5.69 Å². The predicted octanol–water partition coefficient (Wildman–Crippen LogP) is 1.37. The second-order valence-corrected chi connectivity index (χ2v) is 5.75. The number of aromatic hydroxyl groups is 1. The molecule has 2 rings (SSSR count). The van der Waals surface area contributed by atoms with E-state index in [1.165, 1.54) is 0 Å². The number of benzene rings is 1. The van der Waals surface area contributed by atoms with Crippen LogP contribution in [0.2, 0.25) is 0 Å². The Kier molecular flexibility index (Phi) is 5.23. The fraction of sp³-hybridized carbons (Fsp3) is 0.375. The van der Waals surface area contributed by atoms with Crippen LogP contribution >= 0.6 is 0 Å². The molecule has 0 aliphatic heterocycles. The normalized spacial score (nSPS) is 12.3. The summed E-state index contributed by atoms with van der Waals surface area (Å²) in [5.74, 6) is -1.30. The number of H-pyrrole nitrogens is 1. The summed E-state index contributed by atoms with van der Waals surface area (Å²) < 4.78 is 0.983. The number of imidazole rings is 1. The van der Waals surface area contributed by atoms with Crippen LogP contribution in [-0.2, 0) is 17.6 Å². The summed E-state index contributed by atoms with van der Waals surface area (Å²) in [7, 11) is 0. The first-order chi connectivity index (χ1) is 11.0. The molecule has 0 aliphatic carbocycles. The van der Waals surface area contributed by atoms with E-state index < -0.39 is 17.6 Å². The highest BCUT2D eigenvalue weighted by Crippen LogP contribution is 2.24. The van der Waals surface area contributed by atoms with Crippen LogP contribution in [0, 0.1) is 5.92 Å². The molecule has 0 spiro atoms. The van der Waals surface area contributed by atoms with Gasteiger partial charge in [-0.25, -0.2) is 10.3 Å². The lowest BCUT2D eigenvalue weighted by molar-refractivity contribution is -0.134. The van der Waals surface area contributed by atoms with Gasteiger partial charge in [0.1, 0.15) is 6.04 Å². The van der Waals surface area contributed by atoms with Gasteiger partial charge in [0.25, 0.3) is 5.91 Å². The molecular weight excluding hydrogens is 298 g/mol. The topological polar surface area (TPSA) is 107 Å². The van der Waals surface area contributed by atoms with Gasteiger partial charge in [-0.15, -0.1) is 0 Å². The van der Waals surface area contributed by atoms with Gasteiger partial charge in [0, 0.05) is 0 Å². The van der Waals surface area contributed by atoms with Crippen LogP contribution in [0.4, 0.5) is 0 Å². The number of hydrogen-bond acceptors (Lipinski definition) is 4. The lowest BCUT2D eigenvalue weighted by atomic mass is 10.0. The van der Waals surface area contributed by atoms with Gasteiger partial charge in [0.05, 0.1) is 5.69 Å². The molecule has 1 aromatic heterocycles. The molecule has 7 nitrogen and oxygen atoms in total. The first kappa shape index (κ1) is 16.8. The molecule has 0 saturated carbocycles. The third-order valence-electron chi connectivity index (χ3n) is 3.77. The Hall–Kier alpha value is -2.54. The van der Waals surface area contributed by atoms with E-state index in [2.05, 4.69) is 4.98 Å². The van der Waals surface area contributed by atoms with Crippen molar-refractivity contribution < 1.29 is 15.1 Å². The minimum atomic E-state index is -0.991. The fourth-order valence-corrected chi connectivity index (χ4v) is 2.62. The van der Waals surface area contributed by atoms with E-state index in [0.717, 1.165) is 10.1 Å². The van der Waals surface area contributed by atoms with Gasteiger partial charge in [-0.2, -0.15) is 0 Å². The number of nitrogens with zero attached hydrogens (tertiary/aromatic N) is 1. The molecule has 1 heterocycles. The van der Waals surface area contributed by atoms with E-state index in [1.54, 1.807) is 19.3 Å². The second kappa shape index (κ2) is 7.15. The standard InChI is InChI=1S/C16H21N3O4/c1-10(2)13(14(20)18-23)19-15(21)12(17-16(19)22)9-8-11-6-4-3-5-7-11/h3-7,10,13,21,23H,8-9H2,1-2H3,(H,17,22)(H,18,20). The van der Waals surface area contributed by atoms with E-state index in [4.69, 9.17) is 5.21 Å². The number of nitrogens with one attached hydrogen (secondary N) is 2. The summed E-state index contributed by atoms with van der Waals surface area (Å²) in [6, 6.07) is 8.69. The Labute approximate surface area is 133 Å². The van der Waals surface area contributed by atoms with Crippen molar-refractivity contribution in [3.8, 4) is 5.88 Å². The second-order valence-electron chi connectivity index (χ2n) is 5.75. The number of aromatic nitrogens is 2.